The number of benzene rings is 1. The van der Waals surface area contributed by atoms with Crippen LogP contribution < -0.4 is 10.6 Å². The minimum Gasteiger partial charge on any atom is -0.366 e. The summed E-state index contributed by atoms with van der Waals surface area (Å²) in [6, 6.07) is 6.70. The van der Waals surface area contributed by atoms with Gasteiger partial charge in [0.05, 0.1) is 0 Å². The van der Waals surface area contributed by atoms with Crippen LogP contribution in [0.15, 0.2) is 18.2 Å². The van der Waals surface area contributed by atoms with Gasteiger partial charge in [-0.05, 0) is 63.8 Å². The summed E-state index contributed by atoms with van der Waals surface area (Å²) >= 11 is 0. The summed E-state index contributed by atoms with van der Waals surface area (Å²) in [5.41, 5.74) is 10.1. The highest BCUT2D eigenvalue weighted by Crippen LogP contribution is 2.39. The second-order valence-corrected chi connectivity index (χ2v) is 5.82. The second-order valence-electron chi connectivity index (χ2n) is 5.82. The normalized spacial score (nSPS) is 23.1. The summed E-state index contributed by atoms with van der Waals surface area (Å²) in [4.78, 5) is 2.53. The Morgan fingerprint density at radius 1 is 1.35 bits per heavy atom. The van der Waals surface area contributed by atoms with Gasteiger partial charge in [0.1, 0.15) is 0 Å². The Bertz CT molecular complexity index is 409. The minimum absolute atomic E-state index is 0.174. The van der Waals surface area contributed by atoms with Gasteiger partial charge in [-0.3, -0.25) is 0 Å². The van der Waals surface area contributed by atoms with Crippen molar-refractivity contribution >= 4 is 5.69 Å². The Labute approximate surface area is 105 Å². The highest BCUT2D eigenvalue weighted by atomic mass is 15.2. The van der Waals surface area contributed by atoms with Gasteiger partial charge >= 0.3 is 0 Å². The monoisotopic (exact) mass is 232 g/mol. The molecule has 1 saturated heterocycles. The van der Waals surface area contributed by atoms with Crippen LogP contribution in [0.2, 0.25) is 0 Å². The first-order valence-corrected chi connectivity index (χ1v) is 6.51. The zero-order valence-electron chi connectivity index (χ0n) is 11.5. The van der Waals surface area contributed by atoms with E-state index in [1.165, 1.54) is 23.2 Å². The van der Waals surface area contributed by atoms with Crippen molar-refractivity contribution in [2.24, 2.45) is 11.7 Å². The maximum absolute atomic E-state index is 5.89. The molecule has 0 spiro atoms. The zero-order chi connectivity index (χ0) is 12.6. The Morgan fingerprint density at radius 3 is 2.65 bits per heavy atom. The van der Waals surface area contributed by atoms with E-state index < -0.39 is 0 Å². The molecule has 1 atom stereocenters. The van der Waals surface area contributed by atoms with E-state index >= 15 is 0 Å². The molecule has 1 aliphatic heterocycles. The molecular formula is C15H24N2. The van der Waals surface area contributed by atoms with Crippen molar-refractivity contribution in [1.82, 2.24) is 0 Å². The first-order valence-electron chi connectivity index (χ1n) is 6.51. The Kier molecular flexibility index (Phi) is 3.17. The van der Waals surface area contributed by atoms with Crippen molar-refractivity contribution in [2.45, 2.75) is 39.7 Å². The van der Waals surface area contributed by atoms with Crippen molar-refractivity contribution < 1.29 is 0 Å². The summed E-state index contributed by atoms with van der Waals surface area (Å²) < 4.78 is 0. The average molecular weight is 232 g/mol. The summed E-state index contributed by atoms with van der Waals surface area (Å²) in [5, 5.41) is 0. The number of hydrogen-bond donors (Lipinski definition) is 1. The second kappa shape index (κ2) is 4.34. The minimum atomic E-state index is 0.174. The van der Waals surface area contributed by atoms with E-state index in [9.17, 15) is 0 Å². The van der Waals surface area contributed by atoms with Gasteiger partial charge in [-0.15, -0.1) is 0 Å². The van der Waals surface area contributed by atoms with Crippen LogP contribution >= 0.6 is 0 Å². The van der Waals surface area contributed by atoms with Crippen molar-refractivity contribution in [3.8, 4) is 0 Å². The Morgan fingerprint density at radius 2 is 2.06 bits per heavy atom. The number of hydrogen-bond acceptors (Lipinski definition) is 2. The van der Waals surface area contributed by atoms with Gasteiger partial charge in [0.25, 0.3) is 0 Å². The van der Waals surface area contributed by atoms with Crippen molar-refractivity contribution in [1.29, 1.82) is 0 Å². The predicted octanol–water partition coefficient (Wildman–Crippen LogP) is 2.87. The van der Waals surface area contributed by atoms with Crippen molar-refractivity contribution in [3.05, 3.63) is 29.3 Å². The first kappa shape index (κ1) is 12.4. The maximum Gasteiger partial charge on any atom is 0.0403 e. The molecule has 94 valence electrons. The fraction of sp³-hybridized carbons (Fsp3) is 0.600. The molecule has 0 aliphatic carbocycles. The molecule has 0 amide bonds. The molecule has 0 saturated carbocycles. The molecule has 1 aliphatic rings. The molecule has 2 nitrogen and oxygen atoms in total. The average Bonchev–Trinajstić information content (AvgIpc) is 2.57. The Hall–Kier alpha value is -1.02. The molecule has 2 N–H and O–H groups in total. The zero-order valence-corrected chi connectivity index (χ0v) is 11.5. The maximum atomic E-state index is 5.89. The van der Waals surface area contributed by atoms with E-state index in [0.717, 1.165) is 13.1 Å². The third-order valence-electron chi connectivity index (χ3n) is 4.34. The molecular weight excluding hydrogens is 208 g/mol. The van der Waals surface area contributed by atoms with Crippen LogP contribution in [-0.4, -0.2) is 18.6 Å². The lowest BCUT2D eigenvalue weighted by atomic mass is 9.88. The molecule has 1 unspecified atom stereocenters. The van der Waals surface area contributed by atoms with Gasteiger partial charge in [0.2, 0.25) is 0 Å². The van der Waals surface area contributed by atoms with Crippen LogP contribution in [0.5, 0.6) is 0 Å². The molecule has 0 aromatic heterocycles. The third kappa shape index (κ3) is 2.06. The summed E-state index contributed by atoms with van der Waals surface area (Å²) in [5.74, 6) is 0.599. The van der Waals surface area contributed by atoms with Crippen LogP contribution in [0.25, 0.3) is 0 Å². The summed E-state index contributed by atoms with van der Waals surface area (Å²) in [7, 11) is 0. The third-order valence-corrected chi connectivity index (χ3v) is 4.34. The van der Waals surface area contributed by atoms with Crippen LogP contribution in [0.3, 0.4) is 0 Å². The predicted molar refractivity (Wildman–Crippen MR) is 74.5 cm³/mol. The number of nitrogens with zero attached hydrogens (tertiary/aromatic N) is 1. The van der Waals surface area contributed by atoms with Gasteiger partial charge < -0.3 is 10.6 Å². The van der Waals surface area contributed by atoms with Crippen molar-refractivity contribution in [3.63, 3.8) is 0 Å². The molecule has 1 fully saturated rings. The van der Waals surface area contributed by atoms with Crippen molar-refractivity contribution in [2.75, 3.05) is 18.0 Å². The highest BCUT2D eigenvalue weighted by Gasteiger charge is 2.40. The number of aryl methyl sites for hydroxylation is 2. The molecule has 0 bridgehead atoms. The van der Waals surface area contributed by atoms with E-state index in [1.54, 1.807) is 0 Å². The highest BCUT2D eigenvalue weighted by molar-refractivity contribution is 5.57. The van der Waals surface area contributed by atoms with E-state index in [2.05, 4.69) is 50.8 Å². The van der Waals surface area contributed by atoms with Gasteiger partial charge in [-0.2, -0.15) is 0 Å². The van der Waals surface area contributed by atoms with E-state index in [-0.39, 0.29) is 5.54 Å². The number of nitrogens with two attached hydrogens (primary N) is 1. The fourth-order valence-corrected chi connectivity index (χ4v) is 2.99. The lowest BCUT2D eigenvalue weighted by Gasteiger charge is -2.38. The van der Waals surface area contributed by atoms with Crippen LogP contribution in [-0.2, 0) is 0 Å². The van der Waals surface area contributed by atoms with E-state index in [0.29, 0.717) is 5.92 Å². The van der Waals surface area contributed by atoms with Crippen LogP contribution in [0.4, 0.5) is 5.69 Å². The number of rotatable bonds is 2. The molecule has 0 radical (unpaired) electrons. The van der Waals surface area contributed by atoms with Gasteiger partial charge in [-0.25, -0.2) is 0 Å². The topological polar surface area (TPSA) is 29.3 Å². The lowest BCUT2D eigenvalue weighted by molar-refractivity contribution is 0.373. The lowest BCUT2D eigenvalue weighted by Crippen LogP contribution is -2.45. The van der Waals surface area contributed by atoms with Gasteiger partial charge in [-0.1, -0.05) is 12.1 Å². The van der Waals surface area contributed by atoms with Gasteiger partial charge in [0, 0.05) is 17.8 Å². The summed E-state index contributed by atoms with van der Waals surface area (Å²) in [6.07, 6.45) is 1.21. The smallest absolute Gasteiger partial charge is 0.0403 e. The first-order chi connectivity index (χ1) is 7.96. The largest absolute Gasteiger partial charge is 0.366 e. The van der Waals surface area contributed by atoms with E-state index in [1.807, 2.05) is 0 Å². The SMILES string of the molecule is Cc1ccc(C)c(N2CCC(CN)C2(C)C)c1. The van der Waals surface area contributed by atoms with Crippen LogP contribution in [0, 0.1) is 19.8 Å². The fourth-order valence-electron chi connectivity index (χ4n) is 2.99. The van der Waals surface area contributed by atoms with Gasteiger partial charge in [0.15, 0.2) is 0 Å². The Balaban J connectivity index is 2.38. The quantitative estimate of drug-likeness (QED) is 0.849. The van der Waals surface area contributed by atoms with Crippen LogP contribution in [0.1, 0.15) is 31.4 Å². The molecule has 1 aromatic carbocycles. The molecule has 1 aromatic rings. The summed E-state index contributed by atoms with van der Waals surface area (Å²) in [6.45, 7) is 10.9. The van der Waals surface area contributed by atoms with E-state index in [4.69, 9.17) is 5.73 Å². The molecule has 17 heavy (non-hydrogen) atoms. The standard InChI is InChI=1S/C15H24N2/c1-11-5-6-12(2)14(9-11)17-8-7-13(10-16)15(17,3)4/h5-6,9,13H,7-8,10,16H2,1-4H3. The number of anilines is 1. The molecule has 1 heterocycles. The molecule has 2 rings (SSSR count). The molecule has 2 heteroatoms.